The van der Waals surface area contributed by atoms with Crippen LogP contribution in [0.15, 0.2) is 79.9 Å². The zero-order valence-electron chi connectivity index (χ0n) is 22.6. The molecule has 7 heteroatoms. The van der Waals surface area contributed by atoms with Crippen LogP contribution in [0, 0.1) is 5.92 Å². The van der Waals surface area contributed by atoms with Gasteiger partial charge in [0.2, 0.25) is 11.8 Å². The van der Waals surface area contributed by atoms with Crippen molar-refractivity contribution in [3.05, 3.63) is 96.6 Å². The Morgan fingerprint density at radius 2 is 1.74 bits per heavy atom. The summed E-state index contributed by atoms with van der Waals surface area (Å²) < 4.78 is 5.51. The van der Waals surface area contributed by atoms with E-state index in [1.807, 2.05) is 60.7 Å². The van der Waals surface area contributed by atoms with Gasteiger partial charge in [0, 0.05) is 19.4 Å². The van der Waals surface area contributed by atoms with Gasteiger partial charge in [-0.05, 0) is 48.8 Å². The van der Waals surface area contributed by atoms with E-state index in [4.69, 9.17) is 4.74 Å². The Morgan fingerprint density at radius 1 is 1.03 bits per heavy atom. The van der Waals surface area contributed by atoms with Gasteiger partial charge in [0.25, 0.3) is 0 Å². The average molecular weight is 533 g/mol. The SMILES string of the molecule is C=CCCCCC(=O)OC[C@@H](NC(=O)[C@H](CC=C)CC(=O)N1Cc2ccccc2C[C@H]1CO)c1ccccc1. The lowest BCUT2D eigenvalue weighted by atomic mass is 9.92. The van der Waals surface area contributed by atoms with E-state index in [0.717, 1.165) is 29.5 Å². The van der Waals surface area contributed by atoms with Gasteiger partial charge in [0.05, 0.1) is 24.6 Å². The van der Waals surface area contributed by atoms with Gasteiger partial charge in [-0.2, -0.15) is 0 Å². The number of fused-ring (bicyclic) bond motifs is 1. The van der Waals surface area contributed by atoms with E-state index < -0.39 is 12.0 Å². The molecule has 0 aromatic heterocycles. The number of nitrogens with one attached hydrogen (secondary N) is 1. The minimum Gasteiger partial charge on any atom is -0.463 e. The summed E-state index contributed by atoms with van der Waals surface area (Å²) in [5, 5.41) is 13.0. The number of hydrogen-bond acceptors (Lipinski definition) is 5. The van der Waals surface area contributed by atoms with E-state index >= 15 is 0 Å². The summed E-state index contributed by atoms with van der Waals surface area (Å²) in [5.41, 5.74) is 2.99. The second kappa shape index (κ2) is 15.6. The number of benzene rings is 2. The maximum absolute atomic E-state index is 13.4. The molecule has 0 bridgehead atoms. The molecule has 0 spiro atoms. The predicted octanol–water partition coefficient (Wildman–Crippen LogP) is 4.66. The third-order valence-electron chi connectivity index (χ3n) is 7.10. The Morgan fingerprint density at radius 3 is 2.44 bits per heavy atom. The maximum Gasteiger partial charge on any atom is 0.305 e. The number of hydrogen-bond donors (Lipinski definition) is 2. The van der Waals surface area contributed by atoms with Gasteiger partial charge in [-0.15, -0.1) is 13.2 Å². The highest BCUT2D eigenvalue weighted by Gasteiger charge is 2.32. The normalized spacial score (nSPS) is 15.9. The van der Waals surface area contributed by atoms with Crippen molar-refractivity contribution in [2.45, 2.75) is 63.6 Å². The van der Waals surface area contributed by atoms with Crippen LogP contribution in [-0.4, -0.2) is 47.0 Å². The fourth-order valence-electron chi connectivity index (χ4n) is 4.86. The zero-order chi connectivity index (χ0) is 28.0. The van der Waals surface area contributed by atoms with E-state index in [9.17, 15) is 19.5 Å². The molecule has 208 valence electrons. The van der Waals surface area contributed by atoms with Crippen LogP contribution >= 0.6 is 0 Å². The molecule has 1 heterocycles. The Labute approximate surface area is 231 Å². The number of esters is 1. The molecule has 3 atom stereocenters. The van der Waals surface area contributed by atoms with E-state index in [1.165, 1.54) is 0 Å². The second-order valence-electron chi connectivity index (χ2n) is 9.95. The predicted molar refractivity (Wildman–Crippen MR) is 151 cm³/mol. The third kappa shape index (κ3) is 8.93. The molecular formula is C32H40N2O5. The lowest BCUT2D eigenvalue weighted by Gasteiger charge is -2.36. The molecule has 0 saturated heterocycles. The summed E-state index contributed by atoms with van der Waals surface area (Å²) in [6.07, 6.45) is 7.08. The molecule has 1 aliphatic rings. The molecule has 2 amide bonds. The highest BCUT2D eigenvalue weighted by molar-refractivity contribution is 5.86. The zero-order valence-corrected chi connectivity index (χ0v) is 22.6. The maximum atomic E-state index is 13.4. The molecule has 0 unspecified atom stereocenters. The summed E-state index contributed by atoms with van der Waals surface area (Å²) >= 11 is 0. The Kier molecular flexibility index (Phi) is 12.0. The van der Waals surface area contributed by atoms with Crippen molar-refractivity contribution in [2.24, 2.45) is 5.92 Å². The first-order valence-corrected chi connectivity index (χ1v) is 13.7. The van der Waals surface area contributed by atoms with Crippen molar-refractivity contribution >= 4 is 17.8 Å². The number of amides is 2. The molecule has 0 fully saturated rings. The first kappa shape index (κ1) is 29.8. The Hall–Kier alpha value is -3.71. The van der Waals surface area contributed by atoms with Gasteiger partial charge in [-0.1, -0.05) is 66.7 Å². The average Bonchev–Trinajstić information content (AvgIpc) is 2.96. The minimum absolute atomic E-state index is 0.000294. The first-order chi connectivity index (χ1) is 19.0. The molecule has 1 aliphatic heterocycles. The van der Waals surface area contributed by atoms with Crippen LogP contribution < -0.4 is 5.32 Å². The number of carbonyl (C=O) groups excluding carboxylic acids is 3. The summed E-state index contributed by atoms with van der Waals surface area (Å²) in [4.78, 5) is 40.8. The monoisotopic (exact) mass is 532 g/mol. The van der Waals surface area contributed by atoms with E-state index in [1.54, 1.807) is 11.0 Å². The van der Waals surface area contributed by atoms with Crippen LogP contribution in [0.1, 0.15) is 61.3 Å². The van der Waals surface area contributed by atoms with Crippen molar-refractivity contribution in [3.63, 3.8) is 0 Å². The van der Waals surface area contributed by atoms with E-state index in [0.29, 0.717) is 32.2 Å². The van der Waals surface area contributed by atoms with Gasteiger partial charge in [-0.25, -0.2) is 0 Å². The molecule has 7 nitrogen and oxygen atoms in total. The van der Waals surface area contributed by atoms with Crippen LogP contribution in [0.3, 0.4) is 0 Å². The lowest BCUT2D eigenvalue weighted by Crippen LogP contribution is -2.47. The molecule has 2 N–H and O–H groups in total. The topological polar surface area (TPSA) is 95.9 Å². The summed E-state index contributed by atoms with van der Waals surface area (Å²) in [7, 11) is 0. The van der Waals surface area contributed by atoms with Crippen LogP contribution in [0.5, 0.6) is 0 Å². The van der Waals surface area contributed by atoms with Gasteiger partial charge >= 0.3 is 5.97 Å². The first-order valence-electron chi connectivity index (χ1n) is 13.7. The molecule has 39 heavy (non-hydrogen) atoms. The number of aliphatic hydroxyl groups is 1. The highest BCUT2D eigenvalue weighted by Crippen LogP contribution is 2.26. The van der Waals surface area contributed by atoms with Gasteiger partial charge in [0.1, 0.15) is 6.61 Å². The largest absolute Gasteiger partial charge is 0.463 e. The summed E-state index contributed by atoms with van der Waals surface area (Å²) in [6.45, 7) is 7.73. The number of aliphatic hydroxyl groups excluding tert-OH is 1. The fourth-order valence-corrected chi connectivity index (χ4v) is 4.86. The molecular weight excluding hydrogens is 492 g/mol. The van der Waals surface area contributed by atoms with E-state index in [2.05, 4.69) is 18.5 Å². The van der Waals surface area contributed by atoms with Crippen molar-refractivity contribution in [3.8, 4) is 0 Å². The van der Waals surface area contributed by atoms with Crippen LogP contribution in [0.2, 0.25) is 0 Å². The van der Waals surface area contributed by atoms with Crippen molar-refractivity contribution < 1.29 is 24.2 Å². The summed E-state index contributed by atoms with van der Waals surface area (Å²) in [6, 6.07) is 16.4. The second-order valence-corrected chi connectivity index (χ2v) is 9.95. The number of unbranched alkanes of at least 4 members (excludes halogenated alkanes) is 2. The molecule has 0 aliphatic carbocycles. The highest BCUT2D eigenvalue weighted by atomic mass is 16.5. The van der Waals surface area contributed by atoms with Gasteiger partial charge in [0.15, 0.2) is 0 Å². The fraction of sp³-hybridized carbons (Fsp3) is 0.406. The third-order valence-corrected chi connectivity index (χ3v) is 7.10. The van der Waals surface area contributed by atoms with Gasteiger partial charge < -0.3 is 20.1 Å². The molecule has 2 aromatic carbocycles. The van der Waals surface area contributed by atoms with Crippen molar-refractivity contribution in [2.75, 3.05) is 13.2 Å². The van der Waals surface area contributed by atoms with Crippen LogP contribution in [0.4, 0.5) is 0 Å². The quantitative estimate of drug-likeness (QED) is 0.198. The minimum atomic E-state index is -0.646. The number of rotatable bonds is 15. The molecule has 2 aromatic rings. The van der Waals surface area contributed by atoms with Gasteiger partial charge in [-0.3, -0.25) is 14.4 Å². The number of ether oxygens (including phenoxy) is 1. The van der Waals surface area contributed by atoms with Crippen LogP contribution in [0.25, 0.3) is 0 Å². The van der Waals surface area contributed by atoms with Crippen molar-refractivity contribution in [1.82, 2.24) is 10.2 Å². The van der Waals surface area contributed by atoms with Crippen molar-refractivity contribution in [1.29, 1.82) is 0 Å². The standard InChI is InChI=1S/C32H40N2O5/c1-3-5-6-10-18-31(37)39-23-29(24-14-8-7-9-15-24)33-32(38)26(13-4-2)20-30(36)34-21-27-17-12-11-16-25(27)19-28(34)22-35/h3-4,7-9,11-12,14-17,26,28-29,35H,1-2,5-6,10,13,18-23H2,(H,33,38)/t26-,28+,29-/m1/s1. The Balaban J connectivity index is 1.66. The smallest absolute Gasteiger partial charge is 0.305 e. The Bertz CT molecular complexity index is 1120. The van der Waals surface area contributed by atoms with E-state index in [-0.39, 0.29) is 43.5 Å². The number of carbonyl (C=O) groups is 3. The molecule has 0 saturated carbocycles. The molecule has 0 radical (unpaired) electrons. The lowest BCUT2D eigenvalue weighted by molar-refractivity contribution is -0.145. The number of nitrogens with zero attached hydrogens (tertiary/aromatic N) is 1. The molecule has 3 rings (SSSR count). The summed E-state index contributed by atoms with van der Waals surface area (Å²) in [5.74, 6) is -1.45. The van der Waals surface area contributed by atoms with Crippen LogP contribution in [-0.2, 0) is 32.1 Å². The number of allylic oxidation sites excluding steroid dienone is 2.